The molecule has 1 aliphatic carbocycles. The van der Waals surface area contributed by atoms with Crippen molar-refractivity contribution in [1.82, 2.24) is 13.9 Å². The van der Waals surface area contributed by atoms with Crippen LogP contribution in [0.3, 0.4) is 0 Å². The van der Waals surface area contributed by atoms with Gasteiger partial charge in [0.25, 0.3) is 0 Å². The van der Waals surface area contributed by atoms with Gasteiger partial charge in [0.2, 0.25) is 10.0 Å². The molecule has 1 aliphatic heterocycles. The summed E-state index contributed by atoms with van der Waals surface area (Å²) in [6.07, 6.45) is 8.61. The minimum Gasteiger partial charge on any atom is -0.480 e. The SMILES string of the molecule is CCSC1CCC(S(=O)(=O)N2CCC(c3cn(CC(=O)O)c4ncccc34)CC2)CC1. The molecule has 1 N–H and O–H groups in total. The van der Waals surface area contributed by atoms with Crippen LogP contribution < -0.4 is 0 Å². The number of nitrogens with zero attached hydrogens (tertiary/aromatic N) is 3. The van der Waals surface area contributed by atoms with Crippen molar-refractivity contribution in [2.75, 3.05) is 18.8 Å². The van der Waals surface area contributed by atoms with Crippen LogP contribution in [0.15, 0.2) is 24.5 Å². The molecule has 0 aromatic carbocycles. The van der Waals surface area contributed by atoms with Crippen LogP contribution in [0.5, 0.6) is 0 Å². The molecule has 9 heteroatoms. The largest absolute Gasteiger partial charge is 0.480 e. The van der Waals surface area contributed by atoms with E-state index in [0.717, 1.165) is 55.2 Å². The Bertz CT molecular complexity index is 1020. The highest BCUT2D eigenvalue weighted by atomic mass is 32.2. The molecule has 2 aliphatic rings. The maximum atomic E-state index is 13.2. The lowest BCUT2D eigenvalue weighted by Crippen LogP contribution is -2.44. The summed E-state index contributed by atoms with van der Waals surface area (Å²) in [5, 5.41) is 10.6. The summed E-state index contributed by atoms with van der Waals surface area (Å²) in [5.41, 5.74) is 1.76. The van der Waals surface area contributed by atoms with Gasteiger partial charge in [-0.05, 0) is 67.9 Å². The van der Waals surface area contributed by atoms with Crippen molar-refractivity contribution in [3.8, 4) is 0 Å². The van der Waals surface area contributed by atoms with Gasteiger partial charge in [-0.3, -0.25) is 4.79 Å². The number of thioether (sulfide) groups is 1. The first-order valence-electron chi connectivity index (χ1n) is 11.2. The van der Waals surface area contributed by atoms with Gasteiger partial charge < -0.3 is 9.67 Å². The number of rotatable bonds is 7. The van der Waals surface area contributed by atoms with Crippen LogP contribution in [0, 0.1) is 0 Å². The molecule has 2 aromatic heterocycles. The highest BCUT2D eigenvalue weighted by molar-refractivity contribution is 7.99. The van der Waals surface area contributed by atoms with Crippen molar-refractivity contribution in [2.45, 2.75) is 68.4 Å². The Labute approximate surface area is 188 Å². The molecule has 0 spiro atoms. The van der Waals surface area contributed by atoms with Crippen molar-refractivity contribution in [3.05, 3.63) is 30.1 Å². The number of hydrogen-bond donors (Lipinski definition) is 1. The monoisotopic (exact) mass is 465 g/mol. The molecular formula is C22H31N3O4S2. The summed E-state index contributed by atoms with van der Waals surface area (Å²) in [7, 11) is -3.25. The van der Waals surface area contributed by atoms with Crippen molar-refractivity contribution >= 4 is 38.8 Å². The molecule has 3 heterocycles. The Hall–Kier alpha value is -1.58. The zero-order valence-electron chi connectivity index (χ0n) is 17.9. The summed E-state index contributed by atoms with van der Waals surface area (Å²) in [4.78, 5) is 15.6. The number of aliphatic carboxylic acids is 1. The number of carbonyl (C=O) groups is 1. The van der Waals surface area contributed by atoms with E-state index < -0.39 is 16.0 Å². The van der Waals surface area contributed by atoms with Crippen molar-refractivity contribution < 1.29 is 18.3 Å². The number of aromatic nitrogens is 2. The minimum absolute atomic E-state index is 0.125. The third-order valence-corrected chi connectivity index (χ3v) is 10.3. The van der Waals surface area contributed by atoms with E-state index in [9.17, 15) is 18.3 Å². The van der Waals surface area contributed by atoms with Crippen LogP contribution in [0.4, 0.5) is 0 Å². The molecule has 1 saturated carbocycles. The standard InChI is InChI=1S/C22H31N3O4S2/c1-2-30-17-5-7-18(8-6-17)31(28,29)25-12-9-16(10-13-25)20-14-24(15-21(26)27)22-19(20)4-3-11-23-22/h3-4,11,14,16-18H,2,5-10,12-13,15H2,1H3,(H,26,27). The van der Waals surface area contributed by atoms with Crippen LogP contribution in [0.2, 0.25) is 0 Å². The van der Waals surface area contributed by atoms with E-state index in [4.69, 9.17) is 0 Å². The maximum absolute atomic E-state index is 13.2. The van der Waals surface area contributed by atoms with Crippen LogP contribution in [0.1, 0.15) is 56.9 Å². The quantitative estimate of drug-likeness (QED) is 0.670. The molecule has 2 fully saturated rings. The van der Waals surface area contributed by atoms with E-state index in [1.54, 1.807) is 15.1 Å². The van der Waals surface area contributed by atoms with E-state index in [-0.39, 0.29) is 17.7 Å². The van der Waals surface area contributed by atoms with Crippen LogP contribution in [-0.2, 0) is 21.4 Å². The van der Waals surface area contributed by atoms with Crippen LogP contribution >= 0.6 is 11.8 Å². The summed E-state index contributed by atoms with van der Waals surface area (Å²) in [6, 6.07) is 3.84. The van der Waals surface area contributed by atoms with E-state index in [0.29, 0.717) is 24.0 Å². The number of carboxylic acids is 1. The van der Waals surface area contributed by atoms with Gasteiger partial charge in [-0.2, -0.15) is 11.8 Å². The second kappa shape index (κ2) is 9.50. The molecule has 170 valence electrons. The summed E-state index contributed by atoms with van der Waals surface area (Å²) < 4.78 is 29.8. The Morgan fingerprint density at radius 3 is 2.55 bits per heavy atom. The second-order valence-electron chi connectivity index (χ2n) is 8.55. The number of hydrogen-bond acceptors (Lipinski definition) is 5. The predicted molar refractivity (Wildman–Crippen MR) is 124 cm³/mol. The number of pyridine rings is 1. The van der Waals surface area contributed by atoms with E-state index in [2.05, 4.69) is 11.9 Å². The predicted octanol–water partition coefficient (Wildman–Crippen LogP) is 3.69. The van der Waals surface area contributed by atoms with E-state index >= 15 is 0 Å². The summed E-state index contributed by atoms with van der Waals surface area (Å²) in [5.74, 6) is 0.403. The minimum atomic E-state index is -3.25. The average Bonchev–Trinajstić information content (AvgIpc) is 3.12. The molecule has 0 amide bonds. The third kappa shape index (κ3) is 4.78. The second-order valence-corrected chi connectivity index (χ2v) is 12.3. The first kappa shape index (κ1) is 22.6. The van der Waals surface area contributed by atoms with Gasteiger partial charge in [0.15, 0.2) is 0 Å². The van der Waals surface area contributed by atoms with Gasteiger partial charge in [0.1, 0.15) is 12.2 Å². The van der Waals surface area contributed by atoms with Crippen molar-refractivity contribution in [2.24, 2.45) is 0 Å². The Kier molecular flexibility index (Phi) is 6.93. The highest BCUT2D eigenvalue weighted by Gasteiger charge is 2.37. The Morgan fingerprint density at radius 2 is 1.90 bits per heavy atom. The normalized spacial score (nSPS) is 23.9. The average molecular weight is 466 g/mol. The first-order valence-corrected chi connectivity index (χ1v) is 13.7. The fourth-order valence-corrected chi connectivity index (χ4v) is 8.19. The molecule has 7 nitrogen and oxygen atoms in total. The van der Waals surface area contributed by atoms with E-state index in [1.807, 2.05) is 30.1 Å². The van der Waals surface area contributed by atoms with Gasteiger partial charge in [-0.1, -0.05) is 6.92 Å². The van der Waals surface area contributed by atoms with Crippen LogP contribution in [-0.4, -0.2) is 62.7 Å². The Balaban J connectivity index is 1.44. The lowest BCUT2D eigenvalue weighted by Gasteiger charge is -2.36. The lowest BCUT2D eigenvalue weighted by atomic mass is 9.90. The molecule has 1 saturated heterocycles. The molecule has 4 rings (SSSR count). The van der Waals surface area contributed by atoms with Crippen molar-refractivity contribution in [1.29, 1.82) is 0 Å². The van der Waals surface area contributed by atoms with Gasteiger partial charge in [-0.15, -0.1) is 0 Å². The lowest BCUT2D eigenvalue weighted by molar-refractivity contribution is -0.137. The Morgan fingerprint density at radius 1 is 1.19 bits per heavy atom. The first-order chi connectivity index (χ1) is 14.9. The fraction of sp³-hybridized carbons (Fsp3) is 0.636. The molecule has 0 radical (unpaired) electrons. The molecule has 0 unspecified atom stereocenters. The number of fused-ring (bicyclic) bond motifs is 1. The smallest absolute Gasteiger partial charge is 0.323 e. The number of piperidine rings is 1. The van der Waals surface area contributed by atoms with Crippen molar-refractivity contribution in [3.63, 3.8) is 0 Å². The fourth-order valence-electron chi connectivity index (χ4n) is 5.11. The molecule has 0 atom stereocenters. The zero-order valence-corrected chi connectivity index (χ0v) is 19.6. The van der Waals surface area contributed by atoms with Gasteiger partial charge >= 0.3 is 5.97 Å². The van der Waals surface area contributed by atoms with Gasteiger partial charge in [0, 0.05) is 36.1 Å². The maximum Gasteiger partial charge on any atom is 0.323 e. The molecule has 2 aromatic rings. The summed E-state index contributed by atoms with van der Waals surface area (Å²) in [6.45, 7) is 3.09. The number of carboxylic acid groups (broad SMARTS) is 1. The van der Waals surface area contributed by atoms with Crippen LogP contribution in [0.25, 0.3) is 11.0 Å². The highest BCUT2D eigenvalue weighted by Crippen LogP contribution is 2.37. The molecule has 31 heavy (non-hydrogen) atoms. The number of sulfonamides is 1. The molecular weight excluding hydrogens is 434 g/mol. The molecule has 0 bridgehead atoms. The topological polar surface area (TPSA) is 92.5 Å². The third-order valence-electron chi connectivity index (χ3n) is 6.67. The summed E-state index contributed by atoms with van der Waals surface area (Å²) >= 11 is 1.95. The van der Waals surface area contributed by atoms with E-state index in [1.165, 1.54) is 0 Å². The van der Waals surface area contributed by atoms with Gasteiger partial charge in [-0.25, -0.2) is 17.7 Å². The zero-order chi connectivity index (χ0) is 22.0. The van der Waals surface area contributed by atoms with Gasteiger partial charge in [0.05, 0.1) is 5.25 Å².